The van der Waals surface area contributed by atoms with E-state index in [4.69, 9.17) is 5.73 Å². The second kappa shape index (κ2) is 2.86. The molecule has 4 nitrogen and oxygen atoms in total. The molecule has 0 saturated heterocycles. The normalized spacial score (nSPS) is 19.5. The van der Waals surface area contributed by atoms with Crippen molar-refractivity contribution in [2.75, 3.05) is 0 Å². The average Bonchev–Trinajstić information content (AvgIpc) is 2.66. The lowest BCUT2D eigenvalue weighted by atomic mass is 10.3. The third-order valence-electron chi connectivity index (χ3n) is 2.17. The molecule has 0 spiro atoms. The summed E-state index contributed by atoms with van der Waals surface area (Å²) in [6, 6.07) is -0.00190. The topological polar surface area (TPSA) is 56.7 Å². The van der Waals surface area contributed by atoms with Gasteiger partial charge in [-0.25, -0.2) is 0 Å². The van der Waals surface area contributed by atoms with Crippen LogP contribution >= 0.6 is 0 Å². The Hall–Kier alpha value is -0.900. The molecule has 1 unspecified atom stereocenters. The lowest BCUT2D eigenvalue weighted by Gasteiger charge is -1.96. The van der Waals surface area contributed by atoms with E-state index in [-0.39, 0.29) is 6.04 Å². The van der Waals surface area contributed by atoms with E-state index in [1.165, 1.54) is 12.8 Å². The molecule has 4 heteroatoms. The van der Waals surface area contributed by atoms with E-state index in [0.717, 1.165) is 18.2 Å². The summed E-state index contributed by atoms with van der Waals surface area (Å²) in [5.41, 5.74) is 6.54. The summed E-state index contributed by atoms with van der Waals surface area (Å²) in [4.78, 5) is 0. The van der Waals surface area contributed by atoms with Gasteiger partial charge in [0.05, 0.1) is 11.9 Å². The van der Waals surface area contributed by atoms with Crippen molar-refractivity contribution in [1.82, 2.24) is 15.0 Å². The first-order valence-corrected chi connectivity index (χ1v) is 4.41. The SMILES string of the molecule is CC(N)c1cn(CC2CC2)nn1. The van der Waals surface area contributed by atoms with Crippen LogP contribution in [0.5, 0.6) is 0 Å². The number of hydrogen-bond donors (Lipinski definition) is 1. The Morgan fingerprint density at radius 3 is 3.00 bits per heavy atom. The number of rotatable bonds is 3. The number of nitrogens with two attached hydrogens (primary N) is 1. The molecule has 0 amide bonds. The van der Waals surface area contributed by atoms with Crippen LogP contribution in [0.15, 0.2) is 6.20 Å². The molecule has 0 radical (unpaired) electrons. The van der Waals surface area contributed by atoms with Crippen LogP contribution in [0.2, 0.25) is 0 Å². The maximum Gasteiger partial charge on any atom is 0.0991 e. The van der Waals surface area contributed by atoms with Crippen molar-refractivity contribution in [2.24, 2.45) is 11.7 Å². The molecule has 1 saturated carbocycles. The maximum absolute atomic E-state index is 5.66. The molecular formula is C8H14N4. The van der Waals surface area contributed by atoms with Gasteiger partial charge < -0.3 is 5.73 Å². The van der Waals surface area contributed by atoms with Crippen LogP contribution in [0.25, 0.3) is 0 Å². The van der Waals surface area contributed by atoms with Crippen molar-refractivity contribution in [3.63, 3.8) is 0 Å². The summed E-state index contributed by atoms with van der Waals surface area (Å²) in [7, 11) is 0. The molecule has 0 aromatic carbocycles. The Morgan fingerprint density at radius 1 is 1.75 bits per heavy atom. The fourth-order valence-electron chi connectivity index (χ4n) is 1.18. The van der Waals surface area contributed by atoms with Crippen LogP contribution in [0.3, 0.4) is 0 Å². The molecule has 1 fully saturated rings. The van der Waals surface area contributed by atoms with Crippen molar-refractivity contribution in [3.05, 3.63) is 11.9 Å². The van der Waals surface area contributed by atoms with E-state index >= 15 is 0 Å². The van der Waals surface area contributed by atoms with Gasteiger partial charge >= 0.3 is 0 Å². The molecule has 1 aromatic rings. The number of nitrogens with zero attached hydrogens (tertiary/aromatic N) is 3. The van der Waals surface area contributed by atoms with Gasteiger partial charge in [-0.2, -0.15) is 0 Å². The first-order chi connectivity index (χ1) is 5.75. The van der Waals surface area contributed by atoms with E-state index in [1.807, 2.05) is 17.8 Å². The summed E-state index contributed by atoms with van der Waals surface area (Å²) in [5, 5.41) is 7.99. The lowest BCUT2D eigenvalue weighted by molar-refractivity contribution is 0.544. The molecule has 12 heavy (non-hydrogen) atoms. The van der Waals surface area contributed by atoms with Gasteiger partial charge in [-0.3, -0.25) is 4.68 Å². The molecule has 1 heterocycles. The second-order valence-electron chi connectivity index (χ2n) is 3.60. The second-order valence-corrected chi connectivity index (χ2v) is 3.60. The molecule has 2 N–H and O–H groups in total. The average molecular weight is 166 g/mol. The Bertz CT molecular complexity index is 262. The fourth-order valence-corrected chi connectivity index (χ4v) is 1.18. The highest BCUT2D eigenvalue weighted by atomic mass is 15.4. The monoisotopic (exact) mass is 166 g/mol. The first kappa shape index (κ1) is 7.73. The van der Waals surface area contributed by atoms with Gasteiger partial charge in [0.15, 0.2) is 0 Å². The minimum atomic E-state index is -0.00190. The minimum absolute atomic E-state index is 0.00190. The quantitative estimate of drug-likeness (QED) is 0.719. The van der Waals surface area contributed by atoms with Gasteiger partial charge in [0.1, 0.15) is 0 Å². The van der Waals surface area contributed by atoms with Crippen molar-refractivity contribution in [3.8, 4) is 0 Å². The predicted molar refractivity (Wildman–Crippen MR) is 45.3 cm³/mol. The predicted octanol–water partition coefficient (Wildman–Crippen LogP) is 0.708. The van der Waals surface area contributed by atoms with E-state index in [9.17, 15) is 0 Å². The summed E-state index contributed by atoms with van der Waals surface area (Å²) >= 11 is 0. The fraction of sp³-hybridized carbons (Fsp3) is 0.750. The van der Waals surface area contributed by atoms with Gasteiger partial charge in [-0.05, 0) is 25.7 Å². The lowest BCUT2D eigenvalue weighted by Crippen LogP contribution is -2.05. The maximum atomic E-state index is 5.66. The van der Waals surface area contributed by atoms with Crippen LogP contribution in [0, 0.1) is 5.92 Å². The zero-order valence-corrected chi connectivity index (χ0v) is 7.27. The van der Waals surface area contributed by atoms with Gasteiger partial charge in [0.25, 0.3) is 0 Å². The molecule has 2 rings (SSSR count). The van der Waals surface area contributed by atoms with Gasteiger partial charge in [0.2, 0.25) is 0 Å². The zero-order valence-electron chi connectivity index (χ0n) is 7.27. The Morgan fingerprint density at radius 2 is 2.50 bits per heavy atom. The highest BCUT2D eigenvalue weighted by Crippen LogP contribution is 2.30. The molecule has 1 aliphatic carbocycles. The van der Waals surface area contributed by atoms with Crippen LogP contribution in [0.4, 0.5) is 0 Å². The molecule has 1 aromatic heterocycles. The number of aromatic nitrogens is 3. The van der Waals surface area contributed by atoms with Gasteiger partial charge in [-0.1, -0.05) is 5.21 Å². The van der Waals surface area contributed by atoms with Crippen LogP contribution in [-0.4, -0.2) is 15.0 Å². The summed E-state index contributed by atoms with van der Waals surface area (Å²) in [6.07, 6.45) is 4.63. The van der Waals surface area contributed by atoms with E-state index in [0.29, 0.717) is 0 Å². The van der Waals surface area contributed by atoms with E-state index in [2.05, 4.69) is 10.3 Å². The molecule has 1 aliphatic rings. The largest absolute Gasteiger partial charge is 0.323 e. The first-order valence-electron chi connectivity index (χ1n) is 4.41. The Labute approximate surface area is 71.8 Å². The highest BCUT2D eigenvalue weighted by molar-refractivity contribution is 4.97. The van der Waals surface area contributed by atoms with Crippen LogP contribution in [0.1, 0.15) is 31.5 Å². The zero-order chi connectivity index (χ0) is 8.55. The minimum Gasteiger partial charge on any atom is -0.323 e. The van der Waals surface area contributed by atoms with Gasteiger partial charge in [0, 0.05) is 12.6 Å². The van der Waals surface area contributed by atoms with Crippen molar-refractivity contribution >= 4 is 0 Å². The van der Waals surface area contributed by atoms with Crippen molar-refractivity contribution < 1.29 is 0 Å². The third-order valence-corrected chi connectivity index (χ3v) is 2.17. The molecule has 1 atom stereocenters. The summed E-state index contributed by atoms with van der Waals surface area (Å²) in [5.74, 6) is 0.840. The summed E-state index contributed by atoms with van der Waals surface area (Å²) in [6.45, 7) is 2.94. The molecule has 0 bridgehead atoms. The summed E-state index contributed by atoms with van der Waals surface area (Å²) < 4.78 is 1.90. The van der Waals surface area contributed by atoms with Crippen molar-refractivity contribution in [1.29, 1.82) is 0 Å². The molecule has 66 valence electrons. The molecular weight excluding hydrogens is 152 g/mol. The standard InChI is InChI=1S/C8H14N4/c1-6(9)8-5-12(11-10-8)4-7-2-3-7/h5-7H,2-4,9H2,1H3. The Kier molecular flexibility index (Phi) is 1.84. The Balaban J connectivity index is 2.02. The van der Waals surface area contributed by atoms with E-state index in [1.54, 1.807) is 0 Å². The number of hydrogen-bond acceptors (Lipinski definition) is 3. The third kappa shape index (κ3) is 1.64. The molecule has 0 aliphatic heterocycles. The highest BCUT2D eigenvalue weighted by Gasteiger charge is 2.22. The van der Waals surface area contributed by atoms with Gasteiger partial charge in [-0.15, -0.1) is 5.10 Å². The van der Waals surface area contributed by atoms with Crippen LogP contribution in [-0.2, 0) is 6.54 Å². The van der Waals surface area contributed by atoms with Crippen molar-refractivity contribution in [2.45, 2.75) is 32.4 Å². The van der Waals surface area contributed by atoms with Crippen LogP contribution < -0.4 is 5.73 Å². The smallest absolute Gasteiger partial charge is 0.0991 e. The van der Waals surface area contributed by atoms with E-state index < -0.39 is 0 Å².